The number of hydrogen-bond donors (Lipinski definition) is 1. The third kappa shape index (κ3) is 2.71. The van der Waals surface area contributed by atoms with Gasteiger partial charge < -0.3 is 10.6 Å². The number of nitrogens with two attached hydrogens (primary N) is 1. The molecular weight excluding hydrogens is 224 g/mol. The van der Waals surface area contributed by atoms with E-state index in [9.17, 15) is 4.79 Å². The average Bonchev–Trinajstić information content (AvgIpc) is 2.33. The molecule has 0 aromatic rings. The molecule has 0 bridgehead atoms. The van der Waals surface area contributed by atoms with Gasteiger partial charge in [0.05, 0.1) is 0 Å². The maximum absolute atomic E-state index is 12.7. The fraction of sp³-hybridized carbons (Fsp3) is 0.933. The Morgan fingerprint density at radius 2 is 2.00 bits per heavy atom. The number of hydrogen-bond acceptors (Lipinski definition) is 2. The highest BCUT2D eigenvalue weighted by Gasteiger charge is 2.46. The molecule has 0 radical (unpaired) electrons. The molecule has 0 spiro atoms. The minimum absolute atomic E-state index is 0.00350. The summed E-state index contributed by atoms with van der Waals surface area (Å²) in [5, 5.41) is 0. The van der Waals surface area contributed by atoms with Crippen molar-refractivity contribution in [2.24, 2.45) is 23.0 Å². The van der Waals surface area contributed by atoms with E-state index in [1.165, 1.54) is 0 Å². The van der Waals surface area contributed by atoms with Gasteiger partial charge in [0.15, 0.2) is 0 Å². The molecule has 3 nitrogen and oxygen atoms in total. The Labute approximate surface area is 112 Å². The Kier molecular flexibility index (Phi) is 4.82. The molecule has 18 heavy (non-hydrogen) atoms. The van der Waals surface area contributed by atoms with Crippen molar-refractivity contribution in [3.63, 3.8) is 0 Å². The van der Waals surface area contributed by atoms with Gasteiger partial charge in [0, 0.05) is 25.0 Å². The van der Waals surface area contributed by atoms with Crippen LogP contribution in [-0.2, 0) is 4.79 Å². The molecule has 2 N–H and O–H groups in total. The van der Waals surface area contributed by atoms with Crippen LogP contribution in [0, 0.1) is 17.3 Å². The van der Waals surface area contributed by atoms with Crippen molar-refractivity contribution in [1.82, 2.24) is 4.90 Å². The summed E-state index contributed by atoms with van der Waals surface area (Å²) in [6.07, 6.45) is 2.90. The number of carbonyl (C=O) groups is 1. The lowest BCUT2D eigenvalue weighted by molar-refractivity contribution is -0.144. The van der Waals surface area contributed by atoms with Crippen molar-refractivity contribution >= 4 is 5.91 Å². The van der Waals surface area contributed by atoms with Crippen LogP contribution in [-0.4, -0.2) is 29.9 Å². The maximum Gasteiger partial charge on any atom is 0.226 e. The van der Waals surface area contributed by atoms with Crippen LogP contribution in [0.2, 0.25) is 0 Å². The van der Waals surface area contributed by atoms with Crippen LogP contribution >= 0.6 is 0 Å². The molecule has 0 heterocycles. The summed E-state index contributed by atoms with van der Waals surface area (Å²) in [6.45, 7) is 10.8. The van der Waals surface area contributed by atoms with Crippen molar-refractivity contribution < 1.29 is 4.79 Å². The van der Waals surface area contributed by atoms with Crippen molar-refractivity contribution in [3.05, 3.63) is 0 Å². The second-order valence-corrected chi connectivity index (χ2v) is 6.61. The van der Waals surface area contributed by atoms with Gasteiger partial charge in [-0.2, -0.15) is 0 Å². The molecule has 0 saturated heterocycles. The standard InChI is InChI=1S/C15H30N2O/c1-7-10(2)17(6)14(18)12-8-9-13(16)11(3)15(12,4)5/h10-13H,7-9,16H2,1-6H3. The average molecular weight is 254 g/mol. The summed E-state index contributed by atoms with van der Waals surface area (Å²) in [5.74, 6) is 0.810. The Bertz CT molecular complexity index is 301. The molecule has 3 heteroatoms. The number of nitrogens with zero attached hydrogens (tertiary/aromatic N) is 1. The first-order valence-electron chi connectivity index (χ1n) is 7.25. The van der Waals surface area contributed by atoms with E-state index in [1.807, 2.05) is 11.9 Å². The molecule has 4 unspecified atom stereocenters. The van der Waals surface area contributed by atoms with E-state index in [2.05, 4.69) is 34.6 Å². The molecule has 1 aliphatic rings. The van der Waals surface area contributed by atoms with Crippen molar-refractivity contribution in [1.29, 1.82) is 0 Å². The first-order chi connectivity index (χ1) is 8.23. The highest BCUT2D eigenvalue weighted by atomic mass is 16.2. The zero-order valence-corrected chi connectivity index (χ0v) is 12.9. The molecule has 1 aliphatic carbocycles. The van der Waals surface area contributed by atoms with Gasteiger partial charge in [-0.1, -0.05) is 27.7 Å². The minimum Gasteiger partial charge on any atom is -0.343 e. The van der Waals surface area contributed by atoms with Crippen molar-refractivity contribution in [3.8, 4) is 0 Å². The Balaban J connectivity index is 2.86. The van der Waals surface area contributed by atoms with E-state index in [-0.39, 0.29) is 17.4 Å². The SMILES string of the molecule is CCC(C)N(C)C(=O)C1CCC(N)C(C)C1(C)C. The molecule has 1 fully saturated rings. The molecule has 1 amide bonds. The Morgan fingerprint density at radius 3 is 2.50 bits per heavy atom. The second-order valence-electron chi connectivity index (χ2n) is 6.61. The van der Waals surface area contributed by atoms with Crippen LogP contribution in [0.5, 0.6) is 0 Å². The van der Waals surface area contributed by atoms with Gasteiger partial charge in [0.25, 0.3) is 0 Å². The highest BCUT2D eigenvalue weighted by Crippen LogP contribution is 2.45. The zero-order chi connectivity index (χ0) is 14.1. The lowest BCUT2D eigenvalue weighted by Crippen LogP contribution is -2.52. The van der Waals surface area contributed by atoms with E-state index in [4.69, 9.17) is 5.73 Å². The van der Waals surface area contributed by atoms with Gasteiger partial charge in [-0.3, -0.25) is 4.79 Å². The molecule has 0 aliphatic heterocycles. The third-order valence-corrected chi connectivity index (χ3v) is 5.40. The number of carbonyl (C=O) groups excluding carboxylic acids is 1. The summed E-state index contributed by atoms with van der Waals surface area (Å²) in [5.41, 5.74) is 6.15. The lowest BCUT2D eigenvalue weighted by atomic mass is 9.60. The molecule has 0 aromatic carbocycles. The van der Waals surface area contributed by atoms with Gasteiger partial charge in [-0.25, -0.2) is 0 Å². The van der Waals surface area contributed by atoms with E-state index in [1.54, 1.807) is 0 Å². The molecule has 0 aromatic heterocycles. The smallest absolute Gasteiger partial charge is 0.226 e. The number of rotatable bonds is 3. The third-order valence-electron chi connectivity index (χ3n) is 5.40. The number of amides is 1. The van der Waals surface area contributed by atoms with E-state index < -0.39 is 0 Å². The van der Waals surface area contributed by atoms with E-state index >= 15 is 0 Å². The quantitative estimate of drug-likeness (QED) is 0.841. The summed E-state index contributed by atoms with van der Waals surface area (Å²) in [7, 11) is 1.94. The fourth-order valence-corrected chi connectivity index (χ4v) is 3.03. The summed E-state index contributed by atoms with van der Waals surface area (Å²) < 4.78 is 0. The highest BCUT2D eigenvalue weighted by molar-refractivity contribution is 5.79. The molecule has 1 saturated carbocycles. The monoisotopic (exact) mass is 254 g/mol. The lowest BCUT2D eigenvalue weighted by Gasteiger charge is -2.47. The van der Waals surface area contributed by atoms with Crippen LogP contribution in [0.15, 0.2) is 0 Å². The summed E-state index contributed by atoms with van der Waals surface area (Å²) in [4.78, 5) is 14.6. The Hall–Kier alpha value is -0.570. The van der Waals surface area contributed by atoms with Crippen LogP contribution < -0.4 is 5.73 Å². The van der Waals surface area contributed by atoms with Crippen LogP contribution in [0.3, 0.4) is 0 Å². The first kappa shape index (κ1) is 15.5. The van der Waals surface area contributed by atoms with E-state index in [0.717, 1.165) is 19.3 Å². The molecular formula is C15H30N2O. The van der Waals surface area contributed by atoms with Crippen molar-refractivity contribution in [2.75, 3.05) is 7.05 Å². The van der Waals surface area contributed by atoms with Gasteiger partial charge >= 0.3 is 0 Å². The molecule has 1 rings (SSSR count). The van der Waals surface area contributed by atoms with E-state index in [0.29, 0.717) is 17.9 Å². The fourth-order valence-electron chi connectivity index (χ4n) is 3.03. The van der Waals surface area contributed by atoms with Gasteiger partial charge in [0.1, 0.15) is 0 Å². The Morgan fingerprint density at radius 1 is 1.44 bits per heavy atom. The predicted molar refractivity (Wildman–Crippen MR) is 76.2 cm³/mol. The summed E-state index contributed by atoms with van der Waals surface area (Å²) >= 11 is 0. The van der Waals surface area contributed by atoms with Crippen LogP contribution in [0.4, 0.5) is 0 Å². The molecule has 4 atom stereocenters. The van der Waals surface area contributed by atoms with Crippen LogP contribution in [0.25, 0.3) is 0 Å². The van der Waals surface area contributed by atoms with Crippen LogP contribution in [0.1, 0.15) is 53.9 Å². The molecule has 106 valence electrons. The largest absolute Gasteiger partial charge is 0.343 e. The minimum atomic E-state index is -0.00350. The van der Waals surface area contributed by atoms with Gasteiger partial charge in [0.2, 0.25) is 5.91 Å². The predicted octanol–water partition coefficient (Wildman–Crippen LogP) is 2.64. The maximum atomic E-state index is 12.7. The topological polar surface area (TPSA) is 46.3 Å². The van der Waals surface area contributed by atoms with Gasteiger partial charge in [-0.05, 0) is 37.5 Å². The second kappa shape index (κ2) is 5.60. The van der Waals surface area contributed by atoms with Crippen molar-refractivity contribution in [2.45, 2.75) is 66.0 Å². The van der Waals surface area contributed by atoms with Gasteiger partial charge in [-0.15, -0.1) is 0 Å². The first-order valence-corrected chi connectivity index (χ1v) is 7.25. The normalized spacial score (nSPS) is 32.9. The summed E-state index contributed by atoms with van der Waals surface area (Å²) in [6, 6.07) is 0.553. The zero-order valence-electron chi connectivity index (χ0n) is 12.9.